The molecule has 3 rings (SSSR count). The van der Waals surface area contributed by atoms with E-state index in [1.54, 1.807) is 11.6 Å². The minimum Gasteiger partial charge on any atom is -0.464 e. The fourth-order valence-corrected chi connectivity index (χ4v) is 2.37. The Balaban J connectivity index is 1.97. The number of aryl methyl sites for hydroxylation is 2. The lowest BCUT2D eigenvalue weighted by Gasteiger charge is -2.23. The van der Waals surface area contributed by atoms with Crippen molar-refractivity contribution in [1.82, 2.24) is 19.6 Å². The number of anilines is 1. The van der Waals surface area contributed by atoms with Crippen LogP contribution in [0.5, 0.6) is 0 Å². The number of methoxy groups -OCH3 is 1. The van der Waals surface area contributed by atoms with Crippen LogP contribution >= 0.6 is 0 Å². The summed E-state index contributed by atoms with van der Waals surface area (Å²) in [7, 11) is 1.69. The van der Waals surface area contributed by atoms with Gasteiger partial charge >= 0.3 is 0 Å². The number of aromatic nitrogens is 4. The summed E-state index contributed by atoms with van der Waals surface area (Å²) in [5.41, 5.74) is 0.897. The third kappa shape index (κ3) is 2.94. The van der Waals surface area contributed by atoms with Crippen LogP contribution < -0.4 is 4.90 Å². The Hall–Kier alpha value is -2.41. The molecule has 0 saturated carbocycles. The second-order valence-corrected chi connectivity index (χ2v) is 5.15. The normalized spacial score (nSPS) is 11.2. The van der Waals surface area contributed by atoms with Crippen molar-refractivity contribution >= 4 is 11.6 Å². The monoisotopic (exact) mass is 301 g/mol. The summed E-state index contributed by atoms with van der Waals surface area (Å²) < 4.78 is 12.7. The van der Waals surface area contributed by atoms with E-state index < -0.39 is 0 Å². The lowest BCUT2D eigenvalue weighted by molar-refractivity contribution is 0.204. The minimum absolute atomic E-state index is 0.591. The van der Waals surface area contributed by atoms with Gasteiger partial charge in [-0.3, -0.25) is 0 Å². The van der Waals surface area contributed by atoms with Crippen molar-refractivity contribution in [3.8, 4) is 0 Å². The molecule has 116 valence electrons. The maximum atomic E-state index is 5.70. The number of furan rings is 1. The van der Waals surface area contributed by atoms with Crippen LogP contribution in [-0.2, 0) is 11.3 Å². The molecule has 3 aromatic heterocycles. The second-order valence-electron chi connectivity index (χ2n) is 5.15. The summed E-state index contributed by atoms with van der Waals surface area (Å²) in [6.07, 6.45) is 1.51. The van der Waals surface area contributed by atoms with Crippen LogP contribution in [0.2, 0.25) is 0 Å². The molecular weight excluding hydrogens is 282 g/mol. The molecule has 0 N–H and O–H groups in total. The van der Waals surface area contributed by atoms with Gasteiger partial charge in [-0.25, -0.2) is 4.98 Å². The van der Waals surface area contributed by atoms with E-state index in [-0.39, 0.29) is 0 Å². The Morgan fingerprint density at radius 1 is 1.32 bits per heavy atom. The first-order chi connectivity index (χ1) is 10.7. The predicted octanol–water partition coefficient (Wildman–Crippen LogP) is 1.99. The fraction of sp³-hybridized carbons (Fsp3) is 0.400. The molecule has 3 aromatic rings. The van der Waals surface area contributed by atoms with Crippen molar-refractivity contribution in [2.45, 2.75) is 20.4 Å². The summed E-state index contributed by atoms with van der Waals surface area (Å²) in [5, 5.41) is 4.27. The largest absolute Gasteiger partial charge is 0.464 e. The average molecular weight is 301 g/mol. The van der Waals surface area contributed by atoms with Crippen molar-refractivity contribution in [2.75, 3.05) is 25.2 Å². The van der Waals surface area contributed by atoms with E-state index in [0.717, 1.165) is 23.0 Å². The zero-order chi connectivity index (χ0) is 15.5. The minimum atomic E-state index is 0.591. The molecule has 0 saturated heterocycles. The lowest BCUT2D eigenvalue weighted by atomic mass is 10.3. The highest BCUT2D eigenvalue weighted by molar-refractivity contribution is 5.47. The SMILES string of the molecule is COCCN(Cc1ccc(C)o1)c1cc(C)nc2ncnn12. The maximum Gasteiger partial charge on any atom is 0.254 e. The third-order valence-corrected chi connectivity index (χ3v) is 3.39. The second kappa shape index (κ2) is 6.15. The first-order valence-corrected chi connectivity index (χ1v) is 7.14. The summed E-state index contributed by atoms with van der Waals surface area (Å²) in [5.74, 6) is 3.31. The molecule has 0 atom stereocenters. The molecule has 0 aliphatic rings. The summed E-state index contributed by atoms with van der Waals surface area (Å²) >= 11 is 0. The zero-order valence-corrected chi connectivity index (χ0v) is 13.0. The standard InChI is InChI=1S/C15H19N5O2/c1-11-8-14(20-15(18-11)16-10-17-20)19(6-7-21-3)9-13-5-4-12(2)22-13/h4-5,8,10H,6-7,9H2,1-3H3. The van der Waals surface area contributed by atoms with Crippen LogP contribution in [0.3, 0.4) is 0 Å². The van der Waals surface area contributed by atoms with Crippen LogP contribution in [0.25, 0.3) is 5.78 Å². The number of hydrogen-bond donors (Lipinski definition) is 0. The number of hydrogen-bond acceptors (Lipinski definition) is 6. The van der Waals surface area contributed by atoms with Crippen LogP contribution in [0.4, 0.5) is 5.82 Å². The van der Waals surface area contributed by atoms with Gasteiger partial charge in [0.05, 0.1) is 13.2 Å². The maximum absolute atomic E-state index is 5.70. The first-order valence-electron chi connectivity index (χ1n) is 7.14. The van der Waals surface area contributed by atoms with Gasteiger partial charge in [0.25, 0.3) is 5.78 Å². The van der Waals surface area contributed by atoms with Gasteiger partial charge in [0, 0.05) is 25.4 Å². The van der Waals surface area contributed by atoms with Gasteiger partial charge in [0.1, 0.15) is 23.7 Å². The van der Waals surface area contributed by atoms with E-state index >= 15 is 0 Å². The Morgan fingerprint density at radius 2 is 2.18 bits per heavy atom. The lowest BCUT2D eigenvalue weighted by Crippen LogP contribution is -2.29. The van der Waals surface area contributed by atoms with Gasteiger partial charge in [0.2, 0.25) is 0 Å². The highest BCUT2D eigenvalue weighted by Crippen LogP contribution is 2.19. The third-order valence-electron chi connectivity index (χ3n) is 3.39. The number of nitrogens with zero attached hydrogens (tertiary/aromatic N) is 5. The van der Waals surface area contributed by atoms with Gasteiger partial charge in [0.15, 0.2) is 0 Å². The predicted molar refractivity (Wildman–Crippen MR) is 81.9 cm³/mol. The van der Waals surface area contributed by atoms with Crippen molar-refractivity contribution in [3.63, 3.8) is 0 Å². The molecule has 0 aliphatic carbocycles. The van der Waals surface area contributed by atoms with Crippen molar-refractivity contribution in [3.05, 3.63) is 41.7 Å². The molecule has 0 aliphatic heterocycles. The van der Waals surface area contributed by atoms with Gasteiger partial charge in [-0.15, -0.1) is 0 Å². The molecule has 7 nitrogen and oxygen atoms in total. The Bertz CT molecular complexity index is 764. The Morgan fingerprint density at radius 3 is 2.91 bits per heavy atom. The molecule has 0 bridgehead atoms. The summed E-state index contributed by atoms with van der Waals surface area (Å²) in [6.45, 7) is 5.85. The number of rotatable bonds is 6. The van der Waals surface area contributed by atoms with Gasteiger partial charge in [-0.1, -0.05) is 0 Å². The quantitative estimate of drug-likeness (QED) is 0.693. The van der Waals surface area contributed by atoms with Gasteiger partial charge in [-0.2, -0.15) is 14.6 Å². The molecule has 0 spiro atoms. The van der Waals surface area contributed by atoms with E-state index in [2.05, 4.69) is 20.0 Å². The van der Waals surface area contributed by atoms with E-state index in [0.29, 0.717) is 25.5 Å². The molecule has 3 heterocycles. The summed E-state index contributed by atoms with van der Waals surface area (Å²) in [6, 6.07) is 5.95. The molecule has 0 amide bonds. The topological polar surface area (TPSA) is 68.7 Å². The zero-order valence-electron chi connectivity index (χ0n) is 13.0. The Kier molecular flexibility index (Phi) is 4.06. The molecule has 0 aromatic carbocycles. The van der Waals surface area contributed by atoms with Crippen LogP contribution in [0, 0.1) is 13.8 Å². The van der Waals surface area contributed by atoms with Gasteiger partial charge < -0.3 is 14.1 Å². The van der Waals surface area contributed by atoms with E-state index in [1.807, 2.05) is 32.0 Å². The van der Waals surface area contributed by atoms with Crippen LogP contribution in [0.1, 0.15) is 17.2 Å². The number of ether oxygens (including phenoxy) is 1. The van der Waals surface area contributed by atoms with Crippen molar-refractivity contribution in [1.29, 1.82) is 0 Å². The van der Waals surface area contributed by atoms with Gasteiger partial charge in [-0.05, 0) is 26.0 Å². The molecule has 7 heteroatoms. The Labute approximate surface area is 128 Å². The fourth-order valence-electron chi connectivity index (χ4n) is 2.37. The molecule has 0 fully saturated rings. The average Bonchev–Trinajstić information content (AvgIpc) is 3.11. The first kappa shape index (κ1) is 14.5. The smallest absolute Gasteiger partial charge is 0.254 e. The molecular formula is C15H19N5O2. The van der Waals surface area contributed by atoms with E-state index in [4.69, 9.17) is 9.15 Å². The van der Waals surface area contributed by atoms with E-state index in [1.165, 1.54) is 6.33 Å². The molecule has 0 unspecified atom stereocenters. The highest BCUT2D eigenvalue weighted by atomic mass is 16.5. The van der Waals surface area contributed by atoms with Crippen molar-refractivity contribution in [2.24, 2.45) is 0 Å². The van der Waals surface area contributed by atoms with Crippen LogP contribution in [-0.4, -0.2) is 39.8 Å². The van der Waals surface area contributed by atoms with E-state index in [9.17, 15) is 0 Å². The number of fused-ring (bicyclic) bond motifs is 1. The van der Waals surface area contributed by atoms with Crippen molar-refractivity contribution < 1.29 is 9.15 Å². The molecule has 0 radical (unpaired) electrons. The van der Waals surface area contributed by atoms with Crippen LogP contribution in [0.15, 0.2) is 28.9 Å². The highest BCUT2D eigenvalue weighted by Gasteiger charge is 2.15. The molecule has 22 heavy (non-hydrogen) atoms. The summed E-state index contributed by atoms with van der Waals surface area (Å²) in [4.78, 5) is 10.7.